The van der Waals surface area contributed by atoms with E-state index in [4.69, 9.17) is 15.2 Å². The molecule has 0 spiro atoms. The number of hydrogen-bond acceptors (Lipinski definition) is 7. The number of nitro groups is 1. The number of nitrogen functional groups attached to an aromatic ring is 1. The Balaban J connectivity index is 0.000000182. The van der Waals surface area contributed by atoms with Crippen LogP contribution in [-0.4, -0.2) is 66.1 Å². The molecule has 2 N–H and O–H groups in total. The Morgan fingerprint density at radius 1 is 0.812 bits per heavy atom. The maximum absolute atomic E-state index is 11.5. The molecule has 2 aliphatic rings. The van der Waals surface area contributed by atoms with E-state index >= 15 is 0 Å². The number of nitrogens with zero attached hydrogens (tertiary/aromatic N) is 3. The number of ether oxygens (including phenoxy) is 2. The number of rotatable bonds is 5. The molecule has 2 aromatic carbocycles. The van der Waals surface area contributed by atoms with Crippen LogP contribution in [0.4, 0.5) is 11.4 Å². The van der Waals surface area contributed by atoms with Crippen molar-refractivity contribution in [3.05, 3.63) is 69.8 Å². The molecule has 10 nitrogen and oxygen atoms in total. The summed E-state index contributed by atoms with van der Waals surface area (Å²) in [5.41, 5.74) is 8.36. The van der Waals surface area contributed by atoms with Gasteiger partial charge in [0.25, 0.3) is 5.69 Å². The Bertz CT molecular complexity index is 932. The largest absolute Gasteiger partial charge is 0.399 e. The molecule has 0 atom stereocenters. The van der Waals surface area contributed by atoms with Crippen LogP contribution in [0.15, 0.2) is 48.5 Å². The highest BCUT2D eigenvalue weighted by Gasteiger charge is 2.19. The molecule has 170 valence electrons. The molecular weight excluding hydrogens is 416 g/mol. The molecule has 0 bridgehead atoms. The van der Waals surface area contributed by atoms with Gasteiger partial charge in [0.15, 0.2) is 0 Å². The highest BCUT2D eigenvalue weighted by atomic mass is 16.6. The van der Waals surface area contributed by atoms with Crippen LogP contribution in [0.5, 0.6) is 0 Å². The van der Waals surface area contributed by atoms with Crippen molar-refractivity contribution in [3.63, 3.8) is 0 Å². The highest BCUT2D eigenvalue weighted by molar-refractivity contribution is 5.78. The van der Waals surface area contributed by atoms with Gasteiger partial charge in [0.1, 0.15) is 13.2 Å². The third-order valence-electron chi connectivity index (χ3n) is 5.04. The second-order valence-electron chi connectivity index (χ2n) is 7.40. The monoisotopic (exact) mass is 442 g/mol. The smallest absolute Gasteiger partial charge is 0.269 e. The number of morpholine rings is 2. The van der Waals surface area contributed by atoms with Crippen LogP contribution in [0.25, 0.3) is 0 Å². The van der Waals surface area contributed by atoms with E-state index < -0.39 is 4.92 Å². The number of nitro benzene ring substituents is 1. The van der Waals surface area contributed by atoms with E-state index in [2.05, 4.69) is 0 Å². The quantitative estimate of drug-likeness (QED) is 0.423. The van der Waals surface area contributed by atoms with Gasteiger partial charge in [-0.2, -0.15) is 0 Å². The first-order valence-corrected chi connectivity index (χ1v) is 10.2. The van der Waals surface area contributed by atoms with E-state index in [1.54, 1.807) is 21.9 Å². The maximum Gasteiger partial charge on any atom is 0.269 e. The summed E-state index contributed by atoms with van der Waals surface area (Å²) in [5.74, 6) is 0.00711. The predicted octanol–water partition coefficient (Wildman–Crippen LogP) is 1.58. The molecule has 10 heteroatoms. The van der Waals surface area contributed by atoms with Gasteiger partial charge in [-0.1, -0.05) is 24.3 Å². The first-order valence-electron chi connectivity index (χ1n) is 10.2. The molecule has 2 saturated heterocycles. The third kappa shape index (κ3) is 6.76. The summed E-state index contributed by atoms with van der Waals surface area (Å²) in [5, 5.41) is 10.5. The van der Waals surface area contributed by atoms with Crippen molar-refractivity contribution < 1.29 is 24.0 Å². The van der Waals surface area contributed by atoms with Crippen molar-refractivity contribution in [2.45, 2.75) is 13.1 Å². The van der Waals surface area contributed by atoms with Crippen molar-refractivity contribution in [1.29, 1.82) is 0 Å². The first-order chi connectivity index (χ1) is 15.4. The number of nitrogens with two attached hydrogens (primary N) is 1. The normalized spacial score (nSPS) is 16.4. The fraction of sp³-hybridized carbons (Fsp3) is 0.364. The van der Waals surface area contributed by atoms with Crippen molar-refractivity contribution >= 4 is 23.2 Å². The SMILES string of the molecule is Nc1ccc(CN2CCOCC2=O)cc1.O=C1COCCN1Cc1ccc([N+](=O)[O-])cc1. The van der Waals surface area contributed by atoms with Gasteiger partial charge in [0.05, 0.1) is 18.1 Å². The minimum atomic E-state index is -0.441. The van der Waals surface area contributed by atoms with Gasteiger partial charge in [-0.05, 0) is 23.3 Å². The van der Waals surface area contributed by atoms with Crippen molar-refractivity contribution in [3.8, 4) is 0 Å². The van der Waals surface area contributed by atoms with Gasteiger partial charge in [-0.3, -0.25) is 19.7 Å². The lowest BCUT2D eigenvalue weighted by Crippen LogP contribution is -2.40. The Labute approximate surface area is 185 Å². The van der Waals surface area contributed by atoms with Crippen LogP contribution < -0.4 is 5.73 Å². The Morgan fingerprint density at radius 2 is 1.25 bits per heavy atom. The lowest BCUT2D eigenvalue weighted by molar-refractivity contribution is -0.384. The summed E-state index contributed by atoms with van der Waals surface area (Å²) < 4.78 is 10.1. The number of hydrogen-bond donors (Lipinski definition) is 1. The van der Waals surface area contributed by atoms with Gasteiger partial charge in [0.2, 0.25) is 11.8 Å². The molecule has 2 amide bonds. The van der Waals surface area contributed by atoms with Crippen molar-refractivity contribution in [1.82, 2.24) is 9.80 Å². The molecule has 2 aromatic rings. The number of amides is 2. The minimum absolute atomic E-state index is 0.0467. The Kier molecular flexibility index (Phi) is 8.12. The van der Waals surface area contributed by atoms with Gasteiger partial charge in [0, 0.05) is 44.0 Å². The molecule has 4 rings (SSSR count). The Morgan fingerprint density at radius 3 is 1.66 bits per heavy atom. The molecule has 2 heterocycles. The molecule has 0 aliphatic carbocycles. The number of non-ortho nitro benzene ring substituents is 1. The fourth-order valence-corrected chi connectivity index (χ4v) is 3.22. The summed E-state index contributed by atoms with van der Waals surface area (Å²) in [6.07, 6.45) is 0. The summed E-state index contributed by atoms with van der Waals surface area (Å²) in [7, 11) is 0. The molecule has 0 aromatic heterocycles. The van der Waals surface area contributed by atoms with Crippen molar-refractivity contribution in [2.75, 3.05) is 45.3 Å². The molecule has 0 unspecified atom stereocenters. The van der Waals surface area contributed by atoms with Gasteiger partial charge in [-0.15, -0.1) is 0 Å². The van der Waals surface area contributed by atoms with E-state index in [-0.39, 0.29) is 30.7 Å². The molecule has 0 saturated carbocycles. The number of anilines is 1. The summed E-state index contributed by atoms with van der Waals surface area (Å²) in [4.78, 5) is 36.4. The number of benzene rings is 2. The molecular formula is C22H26N4O6. The Hall–Kier alpha value is -3.50. The standard InChI is InChI=1S/C11H12N2O4.C11H14N2O2/c14-11-8-17-6-5-12(11)7-9-1-3-10(4-2-9)13(15)16;12-10-3-1-9(2-4-10)7-13-5-6-15-8-11(13)14/h1-4H,5-8H2;1-4H,5-8,12H2. The van der Waals surface area contributed by atoms with Gasteiger partial charge >= 0.3 is 0 Å². The predicted molar refractivity (Wildman–Crippen MR) is 116 cm³/mol. The van der Waals surface area contributed by atoms with Crippen LogP contribution in [-0.2, 0) is 32.2 Å². The summed E-state index contributed by atoms with van der Waals surface area (Å²) >= 11 is 0. The van der Waals surface area contributed by atoms with Crippen molar-refractivity contribution in [2.24, 2.45) is 0 Å². The van der Waals surface area contributed by atoms with Gasteiger partial charge < -0.3 is 25.0 Å². The second-order valence-corrected chi connectivity index (χ2v) is 7.40. The van der Waals surface area contributed by atoms with E-state index in [0.717, 1.165) is 16.8 Å². The average molecular weight is 442 g/mol. The summed E-state index contributed by atoms with van der Waals surface area (Å²) in [6.45, 7) is 3.84. The zero-order valence-corrected chi connectivity index (χ0v) is 17.6. The number of carbonyl (C=O) groups is 2. The molecule has 2 fully saturated rings. The average Bonchev–Trinajstić information content (AvgIpc) is 2.79. The minimum Gasteiger partial charge on any atom is -0.399 e. The van der Waals surface area contributed by atoms with E-state index in [0.29, 0.717) is 39.4 Å². The van der Waals surface area contributed by atoms with Gasteiger partial charge in [-0.25, -0.2) is 0 Å². The van der Waals surface area contributed by atoms with Crippen LogP contribution in [0.1, 0.15) is 11.1 Å². The molecule has 32 heavy (non-hydrogen) atoms. The van der Waals surface area contributed by atoms with E-state index in [9.17, 15) is 19.7 Å². The second kappa shape index (κ2) is 11.2. The maximum atomic E-state index is 11.5. The van der Waals surface area contributed by atoms with Crippen LogP contribution in [0.3, 0.4) is 0 Å². The topological polar surface area (TPSA) is 128 Å². The molecule has 0 radical (unpaired) electrons. The zero-order chi connectivity index (χ0) is 22.9. The van der Waals surface area contributed by atoms with Crippen LogP contribution >= 0.6 is 0 Å². The first kappa shape index (κ1) is 23.2. The third-order valence-corrected chi connectivity index (χ3v) is 5.04. The summed E-state index contributed by atoms with van der Waals surface area (Å²) in [6, 6.07) is 13.8. The van der Waals surface area contributed by atoms with E-state index in [1.165, 1.54) is 12.1 Å². The van der Waals surface area contributed by atoms with E-state index in [1.807, 2.05) is 24.3 Å². The zero-order valence-electron chi connectivity index (χ0n) is 17.6. The van der Waals surface area contributed by atoms with Crippen LogP contribution in [0.2, 0.25) is 0 Å². The lowest BCUT2D eigenvalue weighted by atomic mass is 10.2. The molecule has 2 aliphatic heterocycles. The van der Waals surface area contributed by atoms with Crippen LogP contribution in [0, 0.1) is 10.1 Å². The highest BCUT2D eigenvalue weighted by Crippen LogP contribution is 2.14. The lowest BCUT2D eigenvalue weighted by Gasteiger charge is -2.26. The fourth-order valence-electron chi connectivity index (χ4n) is 3.22. The number of carbonyl (C=O) groups excluding carboxylic acids is 2.